The molecule has 150 valence electrons. The Kier molecular flexibility index (Phi) is 7.18. The van der Waals surface area contributed by atoms with E-state index >= 15 is 0 Å². The van der Waals surface area contributed by atoms with E-state index in [9.17, 15) is 9.59 Å². The molecule has 3 rings (SSSR count). The lowest BCUT2D eigenvalue weighted by molar-refractivity contribution is 0.102. The summed E-state index contributed by atoms with van der Waals surface area (Å²) >= 11 is 7.14. The van der Waals surface area contributed by atoms with Crippen LogP contribution in [0.1, 0.15) is 40.1 Å². The Balaban J connectivity index is 1.61. The molecule has 2 N–H and O–H groups in total. The van der Waals surface area contributed by atoms with Gasteiger partial charge in [-0.3, -0.25) is 4.79 Å². The average molecular weight is 424 g/mol. The first kappa shape index (κ1) is 20.5. The van der Waals surface area contributed by atoms with E-state index in [0.717, 1.165) is 19.3 Å². The number of carbonyl (C=O) groups is 2. The minimum absolute atomic E-state index is 0.126. The van der Waals surface area contributed by atoms with Gasteiger partial charge in [-0.15, -0.1) is 10.2 Å². The van der Waals surface area contributed by atoms with Crippen LogP contribution in [-0.4, -0.2) is 53.8 Å². The number of hydrogen-bond acceptors (Lipinski definition) is 6. The van der Waals surface area contributed by atoms with Crippen molar-refractivity contribution in [1.82, 2.24) is 20.4 Å². The number of benzene rings is 1. The van der Waals surface area contributed by atoms with E-state index < -0.39 is 0 Å². The number of halogens is 1. The van der Waals surface area contributed by atoms with E-state index in [2.05, 4.69) is 20.8 Å². The summed E-state index contributed by atoms with van der Waals surface area (Å²) in [5.74, 6) is -0.348. The summed E-state index contributed by atoms with van der Waals surface area (Å²) in [5, 5.41) is 15.3. The predicted molar refractivity (Wildman–Crippen MR) is 108 cm³/mol. The Hall–Kier alpha value is -2.23. The molecule has 1 fully saturated rings. The number of aromatic nitrogens is 2. The predicted octanol–water partition coefficient (Wildman–Crippen LogP) is 3.33. The van der Waals surface area contributed by atoms with Crippen molar-refractivity contribution in [1.29, 1.82) is 0 Å². The summed E-state index contributed by atoms with van der Waals surface area (Å²) in [6, 6.07) is 6.61. The van der Waals surface area contributed by atoms with Crippen molar-refractivity contribution in [3.8, 4) is 0 Å². The molecule has 2 heterocycles. The van der Waals surface area contributed by atoms with Gasteiger partial charge in [-0.1, -0.05) is 29.0 Å². The summed E-state index contributed by atoms with van der Waals surface area (Å²) in [5.41, 5.74) is 0.590. The Morgan fingerprint density at radius 2 is 2.25 bits per heavy atom. The van der Waals surface area contributed by atoms with Crippen molar-refractivity contribution in [2.75, 3.05) is 32.1 Å². The van der Waals surface area contributed by atoms with Crippen LogP contribution in [-0.2, 0) is 4.74 Å². The minimum atomic E-state index is -0.348. The number of methoxy groups -OCH3 is 1. The Morgan fingerprint density at radius 1 is 1.39 bits per heavy atom. The molecule has 8 nitrogen and oxygen atoms in total. The fraction of sp³-hybridized carbons (Fsp3) is 0.444. The Bertz CT molecular complexity index is 831. The van der Waals surface area contributed by atoms with Crippen molar-refractivity contribution in [3.05, 3.63) is 39.3 Å². The maximum Gasteiger partial charge on any atom is 0.317 e. The molecule has 28 heavy (non-hydrogen) atoms. The second kappa shape index (κ2) is 9.81. The minimum Gasteiger partial charge on any atom is -0.385 e. The molecule has 10 heteroatoms. The SMILES string of the molecule is COCCCNC(=O)N1CCC[C@H]1c1nnc(C(=O)Nc2cccc(Cl)c2)s1. The van der Waals surface area contributed by atoms with Crippen molar-refractivity contribution in [2.45, 2.75) is 25.3 Å². The highest BCUT2D eigenvalue weighted by atomic mass is 35.5. The molecule has 1 atom stereocenters. The van der Waals surface area contributed by atoms with Gasteiger partial charge < -0.3 is 20.3 Å². The highest BCUT2D eigenvalue weighted by Gasteiger charge is 2.33. The largest absolute Gasteiger partial charge is 0.385 e. The van der Waals surface area contributed by atoms with Crippen LogP contribution in [0, 0.1) is 0 Å². The number of anilines is 1. The molecular formula is C18H22ClN5O3S. The molecule has 1 aromatic carbocycles. The van der Waals surface area contributed by atoms with Crippen molar-refractivity contribution in [2.24, 2.45) is 0 Å². The molecule has 0 aliphatic carbocycles. The van der Waals surface area contributed by atoms with Gasteiger partial charge >= 0.3 is 6.03 Å². The van der Waals surface area contributed by atoms with Gasteiger partial charge in [0.05, 0.1) is 6.04 Å². The maximum atomic E-state index is 12.4. The van der Waals surface area contributed by atoms with Crippen molar-refractivity contribution < 1.29 is 14.3 Å². The second-order valence-corrected chi connectivity index (χ2v) is 7.79. The summed E-state index contributed by atoms with van der Waals surface area (Å²) in [7, 11) is 1.63. The molecule has 1 aromatic heterocycles. The lowest BCUT2D eigenvalue weighted by atomic mass is 10.2. The smallest absolute Gasteiger partial charge is 0.317 e. The fourth-order valence-electron chi connectivity index (χ4n) is 2.99. The summed E-state index contributed by atoms with van der Waals surface area (Å²) in [4.78, 5) is 26.6. The monoisotopic (exact) mass is 423 g/mol. The van der Waals surface area contributed by atoms with Gasteiger partial charge in [0, 0.05) is 37.5 Å². The van der Waals surface area contributed by atoms with E-state index in [1.165, 1.54) is 11.3 Å². The van der Waals surface area contributed by atoms with Gasteiger partial charge in [0.25, 0.3) is 5.91 Å². The van der Waals surface area contributed by atoms with Crippen molar-refractivity contribution in [3.63, 3.8) is 0 Å². The Morgan fingerprint density at radius 3 is 3.04 bits per heavy atom. The zero-order chi connectivity index (χ0) is 19.9. The molecule has 0 radical (unpaired) electrons. The number of ether oxygens (including phenoxy) is 1. The quantitative estimate of drug-likeness (QED) is 0.666. The van der Waals surface area contributed by atoms with E-state index in [-0.39, 0.29) is 23.0 Å². The number of rotatable bonds is 7. The van der Waals surface area contributed by atoms with Gasteiger partial charge in [-0.25, -0.2) is 4.79 Å². The maximum absolute atomic E-state index is 12.4. The molecule has 0 spiro atoms. The number of hydrogen-bond donors (Lipinski definition) is 2. The number of likely N-dealkylation sites (tertiary alicyclic amines) is 1. The third kappa shape index (κ3) is 5.18. The normalized spacial score (nSPS) is 16.2. The van der Waals surface area contributed by atoms with Crippen LogP contribution < -0.4 is 10.6 Å². The zero-order valence-corrected chi connectivity index (χ0v) is 17.1. The van der Waals surface area contributed by atoms with Crippen LogP contribution in [0.25, 0.3) is 0 Å². The molecule has 0 bridgehead atoms. The highest BCUT2D eigenvalue weighted by Crippen LogP contribution is 2.33. The number of carbonyl (C=O) groups excluding carboxylic acids is 2. The molecule has 1 aliphatic heterocycles. The number of nitrogens with zero attached hydrogens (tertiary/aromatic N) is 3. The van der Waals surface area contributed by atoms with E-state index in [0.29, 0.717) is 35.4 Å². The van der Waals surface area contributed by atoms with E-state index in [1.54, 1.807) is 36.3 Å². The molecule has 0 saturated carbocycles. The van der Waals surface area contributed by atoms with Crippen LogP contribution in [0.3, 0.4) is 0 Å². The van der Waals surface area contributed by atoms with Gasteiger partial charge in [0.2, 0.25) is 5.01 Å². The van der Waals surface area contributed by atoms with E-state index in [4.69, 9.17) is 16.3 Å². The van der Waals surface area contributed by atoms with Gasteiger partial charge in [-0.05, 0) is 37.5 Å². The van der Waals surface area contributed by atoms with Crippen LogP contribution in [0.5, 0.6) is 0 Å². The first-order chi connectivity index (χ1) is 13.6. The molecule has 0 unspecified atom stereocenters. The second-order valence-electron chi connectivity index (χ2n) is 6.34. The highest BCUT2D eigenvalue weighted by molar-refractivity contribution is 7.13. The fourth-order valence-corrected chi connectivity index (χ4v) is 4.07. The van der Waals surface area contributed by atoms with Gasteiger partial charge in [0.1, 0.15) is 5.01 Å². The summed E-state index contributed by atoms with van der Waals surface area (Å²) in [6.45, 7) is 1.81. The number of urea groups is 1. The van der Waals surface area contributed by atoms with Crippen LogP contribution in [0.15, 0.2) is 24.3 Å². The van der Waals surface area contributed by atoms with Crippen LogP contribution >= 0.6 is 22.9 Å². The van der Waals surface area contributed by atoms with Crippen LogP contribution in [0.4, 0.5) is 10.5 Å². The van der Waals surface area contributed by atoms with Crippen LogP contribution in [0.2, 0.25) is 5.02 Å². The third-order valence-electron chi connectivity index (χ3n) is 4.32. The summed E-state index contributed by atoms with van der Waals surface area (Å²) in [6.07, 6.45) is 2.45. The zero-order valence-electron chi connectivity index (χ0n) is 15.5. The average Bonchev–Trinajstić information content (AvgIpc) is 3.34. The number of amides is 3. The lowest BCUT2D eigenvalue weighted by Crippen LogP contribution is -2.40. The summed E-state index contributed by atoms with van der Waals surface area (Å²) < 4.78 is 4.99. The van der Waals surface area contributed by atoms with Gasteiger partial charge in [-0.2, -0.15) is 0 Å². The molecule has 3 amide bonds. The molecule has 2 aromatic rings. The lowest BCUT2D eigenvalue weighted by Gasteiger charge is -2.23. The molecule has 1 aliphatic rings. The standard InChI is InChI=1S/C18H22ClN5O3S/c1-27-10-4-8-20-18(26)24-9-3-7-14(24)16-22-23-17(28-16)15(25)21-13-6-2-5-12(19)11-13/h2,5-6,11,14H,3-4,7-10H2,1H3,(H,20,26)(H,21,25)/t14-/m0/s1. The number of nitrogens with one attached hydrogen (secondary N) is 2. The third-order valence-corrected chi connectivity index (χ3v) is 5.58. The molecule has 1 saturated heterocycles. The Labute approximate surface area is 172 Å². The van der Waals surface area contributed by atoms with Gasteiger partial charge in [0.15, 0.2) is 0 Å². The first-order valence-corrected chi connectivity index (χ1v) is 10.2. The molecular weight excluding hydrogens is 402 g/mol. The van der Waals surface area contributed by atoms with E-state index in [1.807, 2.05) is 0 Å². The van der Waals surface area contributed by atoms with Crippen molar-refractivity contribution >= 4 is 40.6 Å². The first-order valence-electron chi connectivity index (χ1n) is 9.02. The topological polar surface area (TPSA) is 96.4 Å².